The molecule has 1 saturated heterocycles. The molecule has 0 spiro atoms. The Bertz CT molecular complexity index is 444. The summed E-state index contributed by atoms with van der Waals surface area (Å²) < 4.78 is 76.3. The van der Waals surface area contributed by atoms with Gasteiger partial charge in [0.15, 0.2) is 0 Å². The number of alkyl halides is 6. The van der Waals surface area contributed by atoms with Crippen molar-refractivity contribution in [3.63, 3.8) is 0 Å². The molecule has 20 heavy (non-hydrogen) atoms. The Morgan fingerprint density at radius 3 is 1.90 bits per heavy atom. The fourth-order valence-corrected chi connectivity index (χ4v) is 2.93. The van der Waals surface area contributed by atoms with E-state index in [1.54, 1.807) is 0 Å². The molecule has 1 aliphatic rings. The molecule has 1 N–H and O–H groups in total. The van der Waals surface area contributed by atoms with Crippen molar-refractivity contribution < 1.29 is 26.3 Å². The normalized spacial score (nSPS) is 21.0. The standard InChI is InChI=1S/C12H11F6NS/c13-11(14,15)8-3-7(10-6-20-2-1-19-10)4-9(5-8)12(16,17)18/h3-5,10,19H,1-2,6H2. The smallest absolute Gasteiger partial charge is 0.308 e. The minimum Gasteiger partial charge on any atom is -0.308 e. The number of hydrogen-bond donors (Lipinski definition) is 1. The van der Waals surface area contributed by atoms with Gasteiger partial charge in [-0.1, -0.05) is 0 Å². The summed E-state index contributed by atoms with van der Waals surface area (Å²) in [7, 11) is 0. The number of thioether (sulfide) groups is 1. The molecular weight excluding hydrogens is 304 g/mol. The van der Waals surface area contributed by atoms with E-state index in [2.05, 4.69) is 5.32 Å². The lowest BCUT2D eigenvalue weighted by Gasteiger charge is -2.25. The monoisotopic (exact) mass is 315 g/mol. The van der Waals surface area contributed by atoms with Crippen LogP contribution < -0.4 is 5.32 Å². The average molecular weight is 315 g/mol. The lowest BCUT2D eigenvalue weighted by Crippen LogP contribution is -2.30. The summed E-state index contributed by atoms with van der Waals surface area (Å²) in [5.74, 6) is 1.25. The summed E-state index contributed by atoms with van der Waals surface area (Å²) in [5.41, 5.74) is -2.50. The minimum atomic E-state index is -4.79. The minimum absolute atomic E-state index is 0.0272. The Hall–Kier alpha value is -0.890. The third kappa shape index (κ3) is 3.60. The second-order valence-corrected chi connectivity index (χ2v) is 5.57. The van der Waals surface area contributed by atoms with Gasteiger partial charge in [-0.2, -0.15) is 38.1 Å². The van der Waals surface area contributed by atoms with E-state index in [0.29, 0.717) is 12.3 Å². The third-order valence-corrected chi connectivity index (χ3v) is 4.00. The highest BCUT2D eigenvalue weighted by Gasteiger charge is 2.37. The summed E-state index contributed by atoms with van der Waals surface area (Å²) in [6.07, 6.45) is -9.59. The highest BCUT2D eigenvalue weighted by Crippen LogP contribution is 2.38. The lowest BCUT2D eigenvalue weighted by molar-refractivity contribution is -0.143. The predicted molar refractivity (Wildman–Crippen MR) is 64.5 cm³/mol. The zero-order valence-corrected chi connectivity index (χ0v) is 10.9. The average Bonchev–Trinajstić information content (AvgIpc) is 2.37. The molecular formula is C12H11F6NS. The van der Waals surface area contributed by atoms with Gasteiger partial charge in [-0.15, -0.1) is 0 Å². The number of rotatable bonds is 1. The van der Waals surface area contributed by atoms with Crippen LogP contribution in [-0.2, 0) is 12.4 Å². The Balaban J connectivity index is 2.45. The van der Waals surface area contributed by atoms with E-state index in [1.807, 2.05) is 0 Å². The lowest BCUT2D eigenvalue weighted by atomic mass is 10.00. The Morgan fingerprint density at radius 1 is 0.950 bits per heavy atom. The van der Waals surface area contributed by atoms with E-state index in [1.165, 1.54) is 11.8 Å². The van der Waals surface area contributed by atoms with Gasteiger partial charge in [0.1, 0.15) is 0 Å². The van der Waals surface area contributed by atoms with Gasteiger partial charge < -0.3 is 5.32 Å². The maximum Gasteiger partial charge on any atom is 0.416 e. The van der Waals surface area contributed by atoms with Gasteiger partial charge in [-0.05, 0) is 23.8 Å². The van der Waals surface area contributed by atoms with Crippen molar-refractivity contribution in [3.8, 4) is 0 Å². The first-order valence-electron chi connectivity index (χ1n) is 5.78. The van der Waals surface area contributed by atoms with Gasteiger partial charge >= 0.3 is 12.4 Å². The van der Waals surface area contributed by atoms with Gasteiger partial charge in [-0.25, -0.2) is 0 Å². The van der Waals surface area contributed by atoms with Crippen molar-refractivity contribution >= 4 is 11.8 Å². The molecule has 1 heterocycles. The predicted octanol–water partition coefficient (Wildman–Crippen LogP) is 4.10. The van der Waals surface area contributed by atoms with Crippen LogP contribution in [0.15, 0.2) is 18.2 Å². The Kier molecular flexibility index (Phi) is 4.24. The molecule has 0 amide bonds. The van der Waals surface area contributed by atoms with Gasteiger partial charge in [0, 0.05) is 24.1 Å². The summed E-state index contributed by atoms with van der Waals surface area (Å²) in [6, 6.07) is 1.24. The van der Waals surface area contributed by atoms with Crippen LogP contribution in [-0.4, -0.2) is 18.1 Å². The van der Waals surface area contributed by atoms with Crippen LogP contribution in [0.25, 0.3) is 0 Å². The molecule has 1 aromatic rings. The maximum absolute atomic E-state index is 12.7. The van der Waals surface area contributed by atoms with Gasteiger partial charge in [0.05, 0.1) is 11.1 Å². The van der Waals surface area contributed by atoms with Crippen LogP contribution in [0.1, 0.15) is 22.7 Å². The first kappa shape index (κ1) is 15.5. The maximum atomic E-state index is 12.7. The molecule has 0 aliphatic carbocycles. The van der Waals surface area contributed by atoms with Crippen LogP contribution in [0, 0.1) is 0 Å². The summed E-state index contributed by atoms with van der Waals surface area (Å²) in [4.78, 5) is 0. The fourth-order valence-electron chi connectivity index (χ4n) is 1.96. The second-order valence-electron chi connectivity index (χ2n) is 4.42. The molecule has 1 nitrogen and oxygen atoms in total. The Morgan fingerprint density at radius 2 is 1.50 bits per heavy atom. The summed E-state index contributed by atoms with van der Waals surface area (Å²) in [6.45, 7) is 0.562. The zero-order chi connectivity index (χ0) is 15.0. The van der Waals surface area contributed by atoms with Crippen LogP contribution >= 0.6 is 11.8 Å². The van der Waals surface area contributed by atoms with Crippen LogP contribution in [0.4, 0.5) is 26.3 Å². The quantitative estimate of drug-likeness (QED) is 0.783. The van der Waals surface area contributed by atoms with Crippen LogP contribution in [0.2, 0.25) is 0 Å². The van der Waals surface area contributed by atoms with E-state index in [9.17, 15) is 26.3 Å². The fraction of sp³-hybridized carbons (Fsp3) is 0.500. The topological polar surface area (TPSA) is 12.0 Å². The number of nitrogens with one attached hydrogen (secondary N) is 1. The number of halogens is 6. The highest BCUT2D eigenvalue weighted by molar-refractivity contribution is 7.99. The van der Waals surface area contributed by atoms with E-state index >= 15 is 0 Å². The molecule has 1 aliphatic heterocycles. The van der Waals surface area contributed by atoms with Gasteiger partial charge in [-0.3, -0.25) is 0 Å². The Labute approximate surface area is 115 Å². The third-order valence-electron chi connectivity index (χ3n) is 2.93. The molecule has 1 unspecified atom stereocenters. The molecule has 0 saturated carbocycles. The molecule has 0 bridgehead atoms. The van der Waals surface area contributed by atoms with E-state index < -0.39 is 29.5 Å². The summed E-state index contributed by atoms with van der Waals surface area (Å²) in [5, 5.41) is 2.94. The number of benzene rings is 1. The van der Waals surface area contributed by atoms with Crippen molar-refractivity contribution in [2.45, 2.75) is 18.4 Å². The summed E-state index contributed by atoms with van der Waals surface area (Å²) >= 11 is 1.50. The van der Waals surface area contributed by atoms with Crippen molar-refractivity contribution in [1.82, 2.24) is 5.32 Å². The van der Waals surface area contributed by atoms with E-state index in [4.69, 9.17) is 0 Å². The van der Waals surface area contributed by atoms with E-state index in [-0.39, 0.29) is 11.6 Å². The van der Waals surface area contributed by atoms with Crippen LogP contribution in [0.3, 0.4) is 0 Å². The highest BCUT2D eigenvalue weighted by atomic mass is 32.2. The molecule has 112 valence electrons. The largest absolute Gasteiger partial charge is 0.416 e. The molecule has 1 aromatic carbocycles. The molecule has 0 radical (unpaired) electrons. The molecule has 0 aromatic heterocycles. The second kappa shape index (κ2) is 5.48. The molecule has 8 heteroatoms. The van der Waals surface area contributed by atoms with Gasteiger partial charge in [0.25, 0.3) is 0 Å². The SMILES string of the molecule is FC(F)(F)c1cc(C2CSCCN2)cc(C(F)(F)F)c1. The van der Waals surface area contributed by atoms with Crippen molar-refractivity contribution in [2.24, 2.45) is 0 Å². The molecule has 2 rings (SSSR count). The molecule has 1 fully saturated rings. The number of hydrogen-bond acceptors (Lipinski definition) is 2. The molecule has 1 atom stereocenters. The first-order valence-corrected chi connectivity index (χ1v) is 6.94. The van der Waals surface area contributed by atoms with Gasteiger partial charge in [0.2, 0.25) is 0 Å². The van der Waals surface area contributed by atoms with Crippen molar-refractivity contribution in [3.05, 3.63) is 34.9 Å². The van der Waals surface area contributed by atoms with E-state index in [0.717, 1.165) is 17.9 Å². The first-order chi connectivity index (χ1) is 9.18. The van der Waals surface area contributed by atoms with Crippen molar-refractivity contribution in [2.75, 3.05) is 18.1 Å². The van der Waals surface area contributed by atoms with Crippen LogP contribution in [0.5, 0.6) is 0 Å². The van der Waals surface area contributed by atoms with Crippen molar-refractivity contribution in [1.29, 1.82) is 0 Å². The zero-order valence-electron chi connectivity index (χ0n) is 10.1.